The molecule has 16 heavy (non-hydrogen) atoms. The summed E-state index contributed by atoms with van der Waals surface area (Å²) in [5.74, 6) is 0. The lowest BCUT2D eigenvalue weighted by molar-refractivity contribution is -0.0506. The molecule has 1 N–H and O–H groups in total. The maximum absolute atomic E-state index is 10.2. The molecule has 0 spiro atoms. The molecule has 0 aromatic carbocycles. The molecule has 0 aliphatic carbocycles. The van der Waals surface area contributed by atoms with Crippen LogP contribution < -0.4 is 0 Å². The lowest BCUT2D eigenvalue weighted by atomic mass is 9.79. The number of nitrogens with zero attached hydrogens (tertiary/aromatic N) is 2. The van der Waals surface area contributed by atoms with Crippen LogP contribution in [-0.2, 0) is 4.74 Å². The van der Waals surface area contributed by atoms with Crippen molar-refractivity contribution in [2.24, 2.45) is 5.41 Å². The van der Waals surface area contributed by atoms with Crippen LogP contribution in [0.5, 0.6) is 0 Å². The molecule has 1 aromatic rings. The lowest BCUT2D eigenvalue weighted by Gasteiger charge is -2.33. The zero-order chi connectivity index (χ0) is 11.6. The molecule has 1 fully saturated rings. The third kappa shape index (κ3) is 2.06. The number of thiazole rings is 1. The Morgan fingerprint density at radius 2 is 2.56 bits per heavy atom. The van der Waals surface area contributed by atoms with Crippen molar-refractivity contribution in [2.75, 3.05) is 13.2 Å². The van der Waals surface area contributed by atoms with E-state index in [-0.39, 0.29) is 6.61 Å². The minimum absolute atomic E-state index is 0.252. The summed E-state index contributed by atoms with van der Waals surface area (Å²) in [4.78, 5) is 4.01. The maximum Gasteiger partial charge on any atom is 0.126 e. The van der Waals surface area contributed by atoms with Gasteiger partial charge in [0.05, 0.1) is 18.9 Å². The summed E-state index contributed by atoms with van der Waals surface area (Å²) >= 11 is 6.96. The Hall–Kier alpha value is -0.670. The molecule has 6 heteroatoms. The van der Waals surface area contributed by atoms with Gasteiger partial charge in [0.1, 0.15) is 20.9 Å². The molecule has 1 aliphatic rings. The third-order valence-electron chi connectivity index (χ3n) is 2.75. The molecule has 1 aromatic heterocycles. The summed E-state index contributed by atoms with van der Waals surface area (Å²) in [6, 6.07) is 2.17. The van der Waals surface area contributed by atoms with E-state index in [1.807, 2.05) is 0 Å². The van der Waals surface area contributed by atoms with E-state index in [4.69, 9.17) is 16.3 Å². The van der Waals surface area contributed by atoms with Crippen LogP contribution in [-0.4, -0.2) is 23.3 Å². The molecule has 0 bridgehead atoms. The fourth-order valence-corrected chi connectivity index (χ4v) is 2.84. The van der Waals surface area contributed by atoms with Crippen LogP contribution in [0.4, 0.5) is 0 Å². The number of nitriles is 1. The third-order valence-corrected chi connectivity index (χ3v) is 3.91. The number of halogens is 1. The second kappa shape index (κ2) is 4.68. The smallest absolute Gasteiger partial charge is 0.126 e. The Balaban J connectivity index is 2.24. The molecule has 2 atom stereocenters. The standard InChI is InChI=1S/C10H11ClN2O2S/c11-7-4-13-9(16-7)8(14)10(5-12)2-1-3-15-6-10/h4,8,14H,1-3,6H2. The van der Waals surface area contributed by atoms with Gasteiger partial charge in [0.2, 0.25) is 0 Å². The molecule has 0 amide bonds. The van der Waals surface area contributed by atoms with Crippen LogP contribution in [0.15, 0.2) is 6.20 Å². The van der Waals surface area contributed by atoms with Crippen LogP contribution in [0.1, 0.15) is 24.0 Å². The van der Waals surface area contributed by atoms with Crippen molar-refractivity contribution in [3.63, 3.8) is 0 Å². The topological polar surface area (TPSA) is 66.1 Å². The van der Waals surface area contributed by atoms with Gasteiger partial charge >= 0.3 is 0 Å². The molecule has 4 nitrogen and oxygen atoms in total. The first-order chi connectivity index (χ1) is 7.68. The molecule has 0 saturated carbocycles. The van der Waals surface area contributed by atoms with E-state index in [2.05, 4.69) is 11.1 Å². The summed E-state index contributed by atoms with van der Waals surface area (Å²) in [5.41, 5.74) is -0.876. The number of aliphatic hydroxyl groups excluding tert-OH is 1. The fourth-order valence-electron chi connectivity index (χ4n) is 1.81. The average molecular weight is 259 g/mol. The van der Waals surface area contributed by atoms with E-state index in [0.717, 1.165) is 6.42 Å². The van der Waals surface area contributed by atoms with Crippen LogP contribution in [0, 0.1) is 16.7 Å². The van der Waals surface area contributed by atoms with Crippen LogP contribution in [0.25, 0.3) is 0 Å². The largest absolute Gasteiger partial charge is 0.384 e. The van der Waals surface area contributed by atoms with E-state index >= 15 is 0 Å². The molecule has 1 aliphatic heterocycles. The van der Waals surface area contributed by atoms with Gasteiger partial charge in [-0.15, -0.1) is 11.3 Å². The van der Waals surface area contributed by atoms with E-state index in [9.17, 15) is 10.4 Å². The first-order valence-corrected chi connectivity index (χ1v) is 6.16. The molecule has 0 radical (unpaired) electrons. The van der Waals surface area contributed by atoms with Crippen molar-refractivity contribution in [3.8, 4) is 6.07 Å². The number of aromatic nitrogens is 1. The van der Waals surface area contributed by atoms with Crippen molar-refractivity contribution in [2.45, 2.75) is 18.9 Å². The molecular formula is C10H11ClN2O2S. The van der Waals surface area contributed by atoms with Crippen molar-refractivity contribution >= 4 is 22.9 Å². The van der Waals surface area contributed by atoms with Gasteiger partial charge in [-0.3, -0.25) is 0 Å². The van der Waals surface area contributed by atoms with Crippen LogP contribution >= 0.6 is 22.9 Å². The first kappa shape index (κ1) is 11.8. The molecule has 2 rings (SSSR count). The highest BCUT2D eigenvalue weighted by atomic mass is 35.5. The molecule has 1 saturated heterocycles. The summed E-state index contributed by atoms with van der Waals surface area (Å²) in [7, 11) is 0. The van der Waals surface area contributed by atoms with Crippen LogP contribution in [0.2, 0.25) is 4.34 Å². The number of hydrogen-bond acceptors (Lipinski definition) is 5. The van der Waals surface area contributed by atoms with E-state index in [1.165, 1.54) is 17.5 Å². The highest BCUT2D eigenvalue weighted by Gasteiger charge is 2.42. The van der Waals surface area contributed by atoms with Crippen molar-refractivity contribution in [1.29, 1.82) is 5.26 Å². The van der Waals surface area contributed by atoms with E-state index < -0.39 is 11.5 Å². The van der Waals surface area contributed by atoms with Gasteiger partial charge in [-0.1, -0.05) is 11.6 Å². The van der Waals surface area contributed by atoms with Crippen molar-refractivity contribution in [3.05, 3.63) is 15.5 Å². The quantitative estimate of drug-likeness (QED) is 0.883. The first-order valence-electron chi connectivity index (χ1n) is 4.96. The Labute approximate surface area is 102 Å². The fraction of sp³-hybridized carbons (Fsp3) is 0.600. The summed E-state index contributed by atoms with van der Waals surface area (Å²) in [6.07, 6.45) is 1.97. The van der Waals surface area contributed by atoms with Gasteiger partial charge in [-0.05, 0) is 12.8 Å². The zero-order valence-corrected chi connectivity index (χ0v) is 10.1. The van der Waals surface area contributed by atoms with Gasteiger partial charge < -0.3 is 9.84 Å². The highest BCUT2D eigenvalue weighted by Crippen LogP contribution is 2.41. The number of ether oxygens (including phenoxy) is 1. The predicted molar refractivity (Wildman–Crippen MR) is 60.2 cm³/mol. The van der Waals surface area contributed by atoms with E-state index in [0.29, 0.717) is 22.4 Å². The van der Waals surface area contributed by atoms with Crippen LogP contribution in [0.3, 0.4) is 0 Å². The van der Waals surface area contributed by atoms with Gasteiger partial charge in [-0.25, -0.2) is 4.98 Å². The number of rotatable bonds is 2. The second-order valence-electron chi connectivity index (χ2n) is 3.83. The Morgan fingerprint density at radius 1 is 1.75 bits per heavy atom. The lowest BCUT2D eigenvalue weighted by Crippen LogP contribution is -2.36. The Bertz CT molecular complexity index is 409. The molecule has 2 heterocycles. The summed E-state index contributed by atoms with van der Waals surface area (Å²) < 4.78 is 5.80. The molecule has 2 unspecified atom stereocenters. The minimum atomic E-state index is -0.921. The molecule has 86 valence electrons. The van der Waals surface area contributed by atoms with Gasteiger partial charge in [0.25, 0.3) is 0 Å². The number of hydrogen-bond donors (Lipinski definition) is 1. The van der Waals surface area contributed by atoms with E-state index in [1.54, 1.807) is 0 Å². The minimum Gasteiger partial charge on any atom is -0.384 e. The maximum atomic E-state index is 10.2. The SMILES string of the molecule is N#CC1(C(O)c2ncc(Cl)s2)CCCOC1. The highest BCUT2D eigenvalue weighted by molar-refractivity contribution is 7.15. The van der Waals surface area contributed by atoms with Gasteiger partial charge in [0, 0.05) is 6.61 Å². The monoisotopic (exact) mass is 258 g/mol. The Morgan fingerprint density at radius 3 is 3.06 bits per heavy atom. The normalized spacial score (nSPS) is 27.3. The van der Waals surface area contributed by atoms with Gasteiger partial charge in [0.15, 0.2) is 0 Å². The Kier molecular flexibility index (Phi) is 3.45. The summed E-state index contributed by atoms with van der Waals surface area (Å²) in [5, 5.41) is 19.9. The second-order valence-corrected chi connectivity index (χ2v) is 5.52. The summed E-state index contributed by atoms with van der Waals surface area (Å²) in [6.45, 7) is 0.899. The average Bonchev–Trinajstić information content (AvgIpc) is 2.76. The number of aliphatic hydroxyl groups is 1. The van der Waals surface area contributed by atoms with Crippen molar-refractivity contribution < 1.29 is 9.84 Å². The van der Waals surface area contributed by atoms with Gasteiger partial charge in [-0.2, -0.15) is 5.26 Å². The van der Waals surface area contributed by atoms with Crippen molar-refractivity contribution in [1.82, 2.24) is 4.98 Å². The predicted octanol–water partition coefficient (Wildman–Crippen LogP) is 2.15. The molecular weight excluding hydrogens is 248 g/mol. The zero-order valence-electron chi connectivity index (χ0n) is 8.52.